The second-order valence-electron chi connectivity index (χ2n) is 8.52. The lowest BCUT2D eigenvalue weighted by Crippen LogP contribution is -2.31. The lowest BCUT2D eigenvalue weighted by Gasteiger charge is -2.25. The van der Waals surface area contributed by atoms with Crippen molar-refractivity contribution in [2.45, 2.75) is 38.6 Å². The highest BCUT2D eigenvalue weighted by molar-refractivity contribution is 5.78. The number of aromatic nitrogens is 3. The predicted octanol–water partition coefficient (Wildman–Crippen LogP) is 5.51. The van der Waals surface area contributed by atoms with Gasteiger partial charge in [0.15, 0.2) is 0 Å². The number of benzene rings is 2. The van der Waals surface area contributed by atoms with Gasteiger partial charge in [0, 0.05) is 25.1 Å². The minimum atomic E-state index is -0.320. The molecule has 1 atom stereocenters. The Bertz CT molecular complexity index is 1320. The second-order valence-corrected chi connectivity index (χ2v) is 8.52. The molecule has 1 aliphatic rings. The van der Waals surface area contributed by atoms with Gasteiger partial charge < -0.3 is 9.88 Å². The van der Waals surface area contributed by atoms with E-state index in [1.165, 1.54) is 24.3 Å². The average molecular weight is 447 g/mol. The SMILES string of the molecule is Cc1cc(-c2ccc(F)cc2)cc(C2CCCN2C(=O)CCc2nc3ccc(F)cc3[nH]2)n1. The van der Waals surface area contributed by atoms with Gasteiger partial charge in [-0.1, -0.05) is 12.1 Å². The van der Waals surface area contributed by atoms with Gasteiger partial charge in [-0.15, -0.1) is 0 Å². The van der Waals surface area contributed by atoms with Crippen LogP contribution in [0.25, 0.3) is 22.2 Å². The second kappa shape index (κ2) is 8.73. The zero-order valence-corrected chi connectivity index (χ0v) is 18.3. The standard InChI is InChI=1S/C26H24F2N4O/c1-16-13-18(17-4-6-19(27)7-5-17)14-23(29-16)24-3-2-12-32(24)26(33)11-10-25-30-21-9-8-20(28)15-22(21)31-25/h4-9,13-15,24H,2-3,10-12H2,1H3,(H,30,31). The summed E-state index contributed by atoms with van der Waals surface area (Å²) in [7, 11) is 0. The Morgan fingerprint density at radius 2 is 1.82 bits per heavy atom. The van der Waals surface area contributed by atoms with E-state index in [9.17, 15) is 13.6 Å². The molecule has 0 spiro atoms. The summed E-state index contributed by atoms with van der Waals surface area (Å²) in [5, 5.41) is 0. The van der Waals surface area contributed by atoms with Crippen molar-refractivity contribution in [3.63, 3.8) is 0 Å². The number of nitrogens with zero attached hydrogens (tertiary/aromatic N) is 3. The lowest BCUT2D eigenvalue weighted by molar-refractivity contribution is -0.132. The molecule has 1 unspecified atom stereocenters. The van der Waals surface area contributed by atoms with Crippen LogP contribution < -0.4 is 0 Å². The van der Waals surface area contributed by atoms with Crippen molar-refractivity contribution in [3.8, 4) is 11.1 Å². The maximum atomic E-state index is 13.4. The van der Waals surface area contributed by atoms with E-state index in [1.807, 2.05) is 24.0 Å². The van der Waals surface area contributed by atoms with Crippen LogP contribution >= 0.6 is 0 Å². The van der Waals surface area contributed by atoms with E-state index in [1.54, 1.807) is 18.2 Å². The summed E-state index contributed by atoms with van der Waals surface area (Å²) in [6.07, 6.45) is 2.55. The van der Waals surface area contributed by atoms with E-state index in [-0.39, 0.29) is 23.6 Å². The van der Waals surface area contributed by atoms with Crippen LogP contribution in [0.4, 0.5) is 8.78 Å². The number of imidazole rings is 1. The van der Waals surface area contributed by atoms with Gasteiger partial charge in [0.2, 0.25) is 5.91 Å². The van der Waals surface area contributed by atoms with Crippen LogP contribution in [0.3, 0.4) is 0 Å². The largest absolute Gasteiger partial charge is 0.342 e. The van der Waals surface area contributed by atoms with Gasteiger partial charge >= 0.3 is 0 Å². The maximum Gasteiger partial charge on any atom is 0.223 e. The molecule has 1 fully saturated rings. The first-order valence-corrected chi connectivity index (χ1v) is 11.1. The van der Waals surface area contributed by atoms with E-state index < -0.39 is 0 Å². The number of aromatic amines is 1. The smallest absolute Gasteiger partial charge is 0.223 e. The van der Waals surface area contributed by atoms with Gasteiger partial charge in [-0.25, -0.2) is 13.8 Å². The minimum Gasteiger partial charge on any atom is -0.342 e. The van der Waals surface area contributed by atoms with Gasteiger partial charge in [0.1, 0.15) is 17.5 Å². The van der Waals surface area contributed by atoms with Crippen molar-refractivity contribution in [3.05, 3.63) is 83.4 Å². The molecule has 7 heteroatoms. The number of H-pyrrole nitrogens is 1. The van der Waals surface area contributed by atoms with Crippen molar-refractivity contribution < 1.29 is 13.6 Å². The molecule has 0 radical (unpaired) electrons. The van der Waals surface area contributed by atoms with Crippen LogP contribution in [-0.4, -0.2) is 32.3 Å². The molecule has 33 heavy (non-hydrogen) atoms. The molecule has 2 aromatic heterocycles. The van der Waals surface area contributed by atoms with Gasteiger partial charge in [-0.3, -0.25) is 9.78 Å². The van der Waals surface area contributed by atoms with Crippen molar-refractivity contribution in [1.29, 1.82) is 0 Å². The molecule has 1 N–H and O–H groups in total. The van der Waals surface area contributed by atoms with E-state index in [0.29, 0.717) is 36.2 Å². The first-order valence-electron chi connectivity index (χ1n) is 11.1. The van der Waals surface area contributed by atoms with Crippen LogP contribution in [0.15, 0.2) is 54.6 Å². The highest BCUT2D eigenvalue weighted by Crippen LogP contribution is 2.34. The van der Waals surface area contributed by atoms with Crippen LogP contribution in [0.1, 0.15) is 42.5 Å². The molecule has 1 aliphatic heterocycles. The molecule has 168 valence electrons. The number of hydrogen-bond donors (Lipinski definition) is 1. The number of carbonyl (C=O) groups excluding carboxylic acids is 1. The van der Waals surface area contributed by atoms with Gasteiger partial charge in [0.05, 0.1) is 22.8 Å². The number of aryl methyl sites for hydroxylation is 2. The Hall–Kier alpha value is -3.61. The van der Waals surface area contributed by atoms with Crippen LogP contribution in [0.2, 0.25) is 0 Å². The van der Waals surface area contributed by atoms with Crippen molar-refractivity contribution >= 4 is 16.9 Å². The number of amides is 1. The van der Waals surface area contributed by atoms with Crippen LogP contribution in [-0.2, 0) is 11.2 Å². The highest BCUT2D eigenvalue weighted by Gasteiger charge is 2.31. The summed E-state index contributed by atoms with van der Waals surface area (Å²) in [4.78, 5) is 27.3. The summed E-state index contributed by atoms with van der Waals surface area (Å²) in [6.45, 7) is 2.62. The molecule has 0 saturated carbocycles. The quantitative estimate of drug-likeness (QED) is 0.440. The number of pyridine rings is 1. The molecule has 4 aromatic rings. The average Bonchev–Trinajstić information content (AvgIpc) is 3.44. The van der Waals surface area contributed by atoms with E-state index in [4.69, 9.17) is 4.98 Å². The minimum absolute atomic E-state index is 0.0516. The zero-order chi connectivity index (χ0) is 22.9. The monoisotopic (exact) mass is 446 g/mol. The zero-order valence-electron chi connectivity index (χ0n) is 18.3. The molecule has 0 aliphatic carbocycles. The van der Waals surface area contributed by atoms with Crippen molar-refractivity contribution in [2.24, 2.45) is 0 Å². The van der Waals surface area contributed by atoms with Gasteiger partial charge in [-0.2, -0.15) is 0 Å². The fourth-order valence-corrected chi connectivity index (χ4v) is 4.57. The number of fused-ring (bicyclic) bond motifs is 1. The molecule has 5 rings (SSSR count). The van der Waals surface area contributed by atoms with Crippen LogP contribution in [0.5, 0.6) is 0 Å². The van der Waals surface area contributed by atoms with Crippen molar-refractivity contribution in [2.75, 3.05) is 6.54 Å². The molecular formula is C26H24F2N4O. The Balaban J connectivity index is 1.33. The number of carbonyl (C=O) groups is 1. The third-order valence-electron chi connectivity index (χ3n) is 6.13. The van der Waals surface area contributed by atoms with E-state index in [0.717, 1.165) is 35.4 Å². The highest BCUT2D eigenvalue weighted by atomic mass is 19.1. The Morgan fingerprint density at radius 1 is 1.03 bits per heavy atom. The van der Waals surface area contributed by atoms with Crippen molar-refractivity contribution in [1.82, 2.24) is 19.9 Å². The third kappa shape index (κ3) is 4.49. The van der Waals surface area contributed by atoms with E-state index in [2.05, 4.69) is 9.97 Å². The van der Waals surface area contributed by atoms with E-state index >= 15 is 0 Å². The molecule has 5 nitrogen and oxygen atoms in total. The number of likely N-dealkylation sites (tertiary alicyclic amines) is 1. The normalized spacial score (nSPS) is 16.0. The first-order chi connectivity index (χ1) is 16.0. The summed E-state index contributed by atoms with van der Waals surface area (Å²) in [5.41, 5.74) is 4.93. The predicted molar refractivity (Wildman–Crippen MR) is 122 cm³/mol. The number of rotatable bonds is 5. The molecule has 1 amide bonds. The fourth-order valence-electron chi connectivity index (χ4n) is 4.57. The summed E-state index contributed by atoms with van der Waals surface area (Å²) in [5.74, 6) is 0.133. The lowest BCUT2D eigenvalue weighted by atomic mass is 10.0. The van der Waals surface area contributed by atoms with Gasteiger partial charge in [0.25, 0.3) is 0 Å². The number of hydrogen-bond acceptors (Lipinski definition) is 3. The third-order valence-corrected chi connectivity index (χ3v) is 6.13. The summed E-state index contributed by atoms with van der Waals surface area (Å²) >= 11 is 0. The molecule has 3 heterocycles. The molecule has 1 saturated heterocycles. The molecule has 0 bridgehead atoms. The molecular weight excluding hydrogens is 422 g/mol. The Kier molecular flexibility index (Phi) is 5.62. The Morgan fingerprint density at radius 3 is 2.64 bits per heavy atom. The maximum absolute atomic E-state index is 13.4. The summed E-state index contributed by atoms with van der Waals surface area (Å²) < 4.78 is 26.8. The van der Waals surface area contributed by atoms with Crippen LogP contribution in [0, 0.1) is 18.6 Å². The Labute approximate surface area is 190 Å². The first kappa shape index (κ1) is 21.2. The fraction of sp³-hybridized carbons (Fsp3) is 0.269. The molecule has 2 aromatic carbocycles. The topological polar surface area (TPSA) is 61.9 Å². The van der Waals surface area contributed by atoms with Gasteiger partial charge in [-0.05, 0) is 73.4 Å². The number of nitrogens with one attached hydrogen (secondary N) is 1. The summed E-state index contributed by atoms with van der Waals surface area (Å²) in [6, 6.07) is 14.7. The number of halogens is 2.